The van der Waals surface area contributed by atoms with Crippen LogP contribution in [-0.4, -0.2) is 63.8 Å². The Kier molecular flexibility index (Phi) is 11.8. The van der Waals surface area contributed by atoms with Crippen molar-refractivity contribution >= 4 is 29.9 Å². The molecule has 0 amide bonds. The Morgan fingerprint density at radius 2 is 1.80 bits per heavy atom. The van der Waals surface area contributed by atoms with Crippen LogP contribution in [0.25, 0.3) is 0 Å². The van der Waals surface area contributed by atoms with Gasteiger partial charge in [0.05, 0.1) is 13.2 Å². The van der Waals surface area contributed by atoms with Gasteiger partial charge in [0.1, 0.15) is 5.82 Å². The van der Waals surface area contributed by atoms with Crippen LogP contribution < -0.4 is 10.6 Å². The Balaban J connectivity index is 0.00000312. The predicted octanol–water partition coefficient (Wildman–Crippen LogP) is 2.26. The van der Waals surface area contributed by atoms with Crippen LogP contribution in [0, 0.1) is 5.82 Å². The van der Waals surface area contributed by atoms with Crippen LogP contribution in [0.5, 0.6) is 0 Å². The second-order valence-corrected chi connectivity index (χ2v) is 5.96. The lowest BCUT2D eigenvalue weighted by molar-refractivity contribution is 0.0372. The summed E-state index contributed by atoms with van der Waals surface area (Å²) < 4.78 is 18.2. The zero-order chi connectivity index (χ0) is 17.0. The van der Waals surface area contributed by atoms with E-state index in [0.29, 0.717) is 0 Å². The largest absolute Gasteiger partial charge is 0.379 e. The van der Waals surface area contributed by atoms with Crippen molar-refractivity contribution in [3.63, 3.8) is 0 Å². The molecular weight excluding hydrogens is 434 g/mol. The summed E-state index contributed by atoms with van der Waals surface area (Å²) in [6.45, 7) is 6.67. The third-order valence-electron chi connectivity index (χ3n) is 4.14. The monoisotopic (exact) mass is 464 g/mol. The van der Waals surface area contributed by atoms with Crippen LogP contribution in [0.1, 0.15) is 18.4 Å². The highest BCUT2D eigenvalue weighted by Gasteiger charge is 2.09. The van der Waals surface area contributed by atoms with Gasteiger partial charge in [0.25, 0.3) is 0 Å². The van der Waals surface area contributed by atoms with E-state index in [1.165, 1.54) is 18.6 Å². The van der Waals surface area contributed by atoms with Gasteiger partial charge in [0.2, 0.25) is 0 Å². The molecule has 0 radical (unpaired) electrons. The predicted molar refractivity (Wildman–Crippen MR) is 111 cm³/mol. The average molecular weight is 464 g/mol. The zero-order valence-corrected chi connectivity index (χ0v) is 17.3. The molecule has 0 aromatic heterocycles. The van der Waals surface area contributed by atoms with Gasteiger partial charge >= 0.3 is 0 Å². The van der Waals surface area contributed by atoms with Crippen molar-refractivity contribution < 1.29 is 9.13 Å². The van der Waals surface area contributed by atoms with Crippen LogP contribution in [0.3, 0.4) is 0 Å². The maximum absolute atomic E-state index is 12.9. The Bertz CT molecular complexity index is 492. The summed E-state index contributed by atoms with van der Waals surface area (Å²) in [5.41, 5.74) is 1.12. The van der Waals surface area contributed by atoms with Gasteiger partial charge in [0.15, 0.2) is 5.96 Å². The summed E-state index contributed by atoms with van der Waals surface area (Å²) in [4.78, 5) is 6.69. The smallest absolute Gasteiger partial charge is 0.190 e. The summed E-state index contributed by atoms with van der Waals surface area (Å²) in [7, 11) is 1.78. The van der Waals surface area contributed by atoms with Gasteiger partial charge < -0.3 is 15.4 Å². The van der Waals surface area contributed by atoms with E-state index in [1.807, 2.05) is 12.1 Å². The minimum absolute atomic E-state index is 0. The van der Waals surface area contributed by atoms with Gasteiger partial charge in [-0.2, -0.15) is 0 Å². The van der Waals surface area contributed by atoms with Gasteiger partial charge in [-0.1, -0.05) is 12.1 Å². The van der Waals surface area contributed by atoms with Crippen molar-refractivity contribution in [3.8, 4) is 0 Å². The fourth-order valence-corrected chi connectivity index (χ4v) is 2.69. The molecule has 7 heteroatoms. The van der Waals surface area contributed by atoms with E-state index in [-0.39, 0.29) is 29.8 Å². The van der Waals surface area contributed by atoms with Crippen molar-refractivity contribution in [3.05, 3.63) is 35.6 Å². The Hall–Kier alpha value is -0.930. The minimum atomic E-state index is -0.193. The van der Waals surface area contributed by atoms with Gasteiger partial charge in [0, 0.05) is 33.2 Å². The number of nitrogens with zero attached hydrogens (tertiary/aromatic N) is 2. The molecule has 1 aromatic rings. The average Bonchev–Trinajstić information content (AvgIpc) is 2.62. The Morgan fingerprint density at radius 3 is 2.48 bits per heavy atom. The van der Waals surface area contributed by atoms with Crippen molar-refractivity contribution in [1.29, 1.82) is 0 Å². The van der Waals surface area contributed by atoms with Gasteiger partial charge in [-0.25, -0.2) is 4.39 Å². The number of morpholine rings is 1. The van der Waals surface area contributed by atoms with Gasteiger partial charge in [-0.15, -0.1) is 24.0 Å². The lowest BCUT2D eigenvalue weighted by Crippen LogP contribution is -2.39. The van der Waals surface area contributed by atoms with E-state index < -0.39 is 0 Å². The molecule has 0 aliphatic carbocycles. The first kappa shape index (κ1) is 22.1. The standard InChI is InChI=1S/C18H29FN4O.HI/c1-20-18(22-10-8-16-4-6-17(19)7-5-16)21-9-2-3-11-23-12-14-24-15-13-23;/h4-7H,2-3,8-15H2,1H3,(H2,20,21,22);1H. The quantitative estimate of drug-likeness (QED) is 0.268. The second kappa shape index (κ2) is 13.3. The highest BCUT2D eigenvalue weighted by Crippen LogP contribution is 2.02. The summed E-state index contributed by atoms with van der Waals surface area (Å²) in [6.07, 6.45) is 3.15. The molecule has 2 rings (SSSR count). The highest BCUT2D eigenvalue weighted by atomic mass is 127. The molecule has 0 atom stereocenters. The lowest BCUT2D eigenvalue weighted by atomic mass is 10.1. The first-order valence-corrected chi connectivity index (χ1v) is 8.77. The number of benzene rings is 1. The first-order chi connectivity index (χ1) is 11.8. The third kappa shape index (κ3) is 9.37. The van der Waals surface area contributed by atoms with Crippen LogP contribution in [0.4, 0.5) is 4.39 Å². The number of hydrogen-bond donors (Lipinski definition) is 2. The molecule has 1 saturated heterocycles. The molecule has 0 bridgehead atoms. The summed E-state index contributed by atoms with van der Waals surface area (Å²) in [5, 5.41) is 6.63. The fourth-order valence-electron chi connectivity index (χ4n) is 2.69. The molecule has 2 N–H and O–H groups in total. The van der Waals surface area contributed by atoms with E-state index in [2.05, 4.69) is 20.5 Å². The third-order valence-corrected chi connectivity index (χ3v) is 4.14. The van der Waals surface area contributed by atoms with Gasteiger partial charge in [-0.3, -0.25) is 9.89 Å². The molecule has 1 aliphatic rings. The van der Waals surface area contributed by atoms with Crippen LogP contribution in [0.2, 0.25) is 0 Å². The number of nitrogens with one attached hydrogen (secondary N) is 2. The summed E-state index contributed by atoms with van der Waals surface area (Å²) >= 11 is 0. The molecule has 0 saturated carbocycles. The van der Waals surface area contributed by atoms with E-state index in [0.717, 1.165) is 70.3 Å². The minimum Gasteiger partial charge on any atom is -0.379 e. The molecule has 1 fully saturated rings. The normalized spacial score (nSPS) is 15.5. The molecule has 1 aromatic carbocycles. The number of rotatable bonds is 8. The molecule has 5 nitrogen and oxygen atoms in total. The van der Waals surface area contributed by atoms with Crippen molar-refractivity contribution in [2.45, 2.75) is 19.3 Å². The molecule has 142 valence electrons. The molecular formula is C18H30FIN4O. The molecule has 1 heterocycles. The van der Waals surface area contributed by atoms with Crippen LogP contribution in [-0.2, 0) is 11.2 Å². The molecule has 1 aliphatic heterocycles. The van der Waals surface area contributed by atoms with E-state index in [9.17, 15) is 4.39 Å². The van der Waals surface area contributed by atoms with Crippen molar-refractivity contribution in [2.24, 2.45) is 4.99 Å². The number of hydrogen-bond acceptors (Lipinski definition) is 3. The molecule has 0 spiro atoms. The highest BCUT2D eigenvalue weighted by molar-refractivity contribution is 14.0. The van der Waals surface area contributed by atoms with Gasteiger partial charge in [-0.05, 0) is 43.5 Å². The SMILES string of the molecule is CN=C(NCCCCN1CCOCC1)NCCc1ccc(F)cc1.I. The topological polar surface area (TPSA) is 48.9 Å². The van der Waals surface area contributed by atoms with E-state index in [4.69, 9.17) is 4.74 Å². The summed E-state index contributed by atoms with van der Waals surface area (Å²) in [6, 6.07) is 6.63. The number of unbranched alkanes of at least 4 members (excludes halogenated alkanes) is 1. The van der Waals surface area contributed by atoms with Crippen molar-refractivity contribution in [1.82, 2.24) is 15.5 Å². The maximum atomic E-state index is 12.9. The van der Waals surface area contributed by atoms with Crippen LogP contribution in [0.15, 0.2) is 29.3 Å². The van der Waals surface area contributed by atoms with Crippen LogP contribution >= 0.6 is 24.0 Å². The van der Waals surface area contributed by atoms with Crippen molar-refractivity contribution in [2.75, 3.05) is 53.0 Å². The molecule has 0 unspecified atom stereocenters. The fraction of sp³-hybridized carbons (Fsp3) is 0.611. The number of aliphatic imine (C=N–C) groups is 1. The number of halogens is 2. The maximum Gasteiger partial charge on any atom is 0.190 e. The first-order valence-electron chi connectivity index (χ1n) is 8.77. The number of guanidine groups is 1. The Morgan fingerprint density at radius 1 is 1.12 bits per heavy atom. The van der Waals surface area contributed by atoms with E-state index in [1.54, 1.807) is 7.05 Å². The second-order valence-electron chi connectivity index (χ2n) is 5.96. The summed E-state index contributed by atoms with van der Waals surface area (Å²) in [5.74, 6) is 0.629. The van der Waals surface area contributed by atoms with E-state index >= 15 is 0 Å². The lowest BCUT2D eigenvalue weighted by Gasteiger charge is -2.26. The number of ether oxygens (including phenoxy) is 1. The molecule has 25 heavy (non-hydrogen) atoms. The Labute approximate surface area is 167 Å². The zero-order valence-electron chi connectivity index (χ0n) is 15.0.